The third kappa shape index (κ3) is 4.21. The van der Waals surface area contributed by atoms with Gasteiger partial charge in [-0.1, -0.05) is 13.0 Å². The highest BCUT2D eigenvalue weighted by Crippen LogP contribution is 2.09. The van der Waals surface area contributed by atoms with E-state index in [1.165, 1.54) is 0 Å². The second kappa shape index (κ2) is 6.68. The molecular formula is C14H18N4O. The van der Waals surface area contributed by atoms with Crippen molar-refractivity contribution in [3.63, 3.8) is 0 Å². The molecule has 0 aromatic carbocycles. The number of rotatable bonds is 6. The number of hydrogen-bond acceptors (Lipinski definition) is 5. The Morgan fingerprint density at radius 1 is 1.21 bits per heavy atom. The molecule has 0 saturated heterocycles. The van der Waals surface area contributed by atoms with Gasteiger partial charge in [-0.25, -0.2) is 4.98 Å². The topological polar surface area (TPSA) is 59.9 Å². The van der Waals surface area contributed by atoms with Crippen LogP contribution in [0.4, 0.5) is 5.95 Å². The van der Waals surface area contributed by atoms with E-state index in [2.05, 4.69) is 27.2 Å². The van der Waals surface area contributed by atoms with Gasteiger partial charge < -0.3 is 10.1 Å². The number of ether oxygens (including phenoxy) is 1. The normalized spacial score (nSPS) is 10.2. The highest BCUT2D eigenvalue weighted by atomic mass is 16.5. The van der Waals surface area contributed by atoms with E-state index in [9.17, 15) is 0 Å². The largest absolute Gasteiger partial charge is 0.478 e. The van der Waals surface area contributed by atoms with Crippen LogP contribution in [0.3, 0.4) is 0 Å². The van der Waals surface area contributed by atoms with Gasteiger partial charge in [-0.15, -0.1) is 0 Å². The first-order valence-electron chi connectivity index (χ1n) is 6.39. The maximum Gasteiger partial charge on any atom is 0.226 e. The van der Waals surface area contributed by atoms with Gasteiger partial charge in [-0.05, 0) is 25.0 Å². The minimum absolute atomic E-state index is 0.564. The Hall–Kier alpha value is -2.17. The zero-order valence-corrected chi connectivity index (χ0v) is 11.3. The van der Waals surface area contributed by atoms with Crippen LogP contribution < -0.4 is 10.1 Å². The quantitative estimate of drug-likeness (QED) is 0.863. The highest BCUT2D eigenvalue weighted by Gasteiger charge is 2.00. The van der Waals surface area contributed by atoms with Gasteiger partial charge in [0.15, 0.2) is 0 Å². The van der Waals surface area contributed by atoms with Crippen LogP contribution in [-0.4, -0.2) is 21.6 Å². The first-order valence-corrected chi connectivity index (χ1v) is 6.39. The molecule has 0 spiro atoms. The molecule has 0 aliphatic carbocycles. The number of nitrogens with zero attached hydrogens (tertiary/aromatic N) is 3. The highest BCUT2D eigenvalue weighted by molar-refractivity contribution is 5.29. The molecule has 2 rings (SSSR count). The Morgan fingerprint density at radius 3 is 2.84 bits per heavy atom. The van der Waals surface area contributed by atoms with Crippen LogP contribution in [0.15, 0.2) is 30.6 Å². The molecule has 0 aliphatic heterocycles. The van der Waals surface area contributed by atoms with Crippen molar-refractivity contribution in [2.45, 2.75) is 26.8 Å². The maximum atomic E-state index is 5.46. The van der Waals surface area contributed by atoms with Crippen molar-refractivity contribution in [2.24, 2.45) is 0 Å². The van der Waals surface area contributed by atoms with Crippen molar-refractivity contribution < 1.29 is 4.74 Å². The summed E-state index contributed by atoms with van der Waals surface area (Å²) in [6, 6.07) is 5.78. The second-order valence-electron chi connectivity index (χ2n) is 4.23. The Morgan fingerprint density at radius 2 is 2.11 bits per heavy atom. The smallest absolute Gasteiger partial charge is 0.226 e. The molecule has 0 aliphatic rings. The van der Waals surface area contributed by atoms with Crippen molar-refractivity contribution >= 4 is 5.95 Å². The average Bonchev–Trinajstić information content (AvgIpc) is 2.45. The van der Waals surface area contributed by atoms with E-state index < -0.39 is 0 Å². The third-order valence-corrected chi connectivity index (χ3v) is 2.51. The number of hydrogen-bond donors (Lipinski definition) is 1. The molecule has 0 fully saturated rings. The van der Waals surface area contributed by atoms with E-state index in [4.69, 9.17) is 4.74 Å². The molecule has 19 heavy (non-hydrogen) atoms. The van der Waals surface area contributed by atoms with Crippen molar-refractivity contribution in [1.29, 1.82) is 0 Å². The Kier molecular flexibility index (Phi) is 4.66. The molecule has 2 aromatic heterocycles. The fourth-order valence-electron chi connectivity index (χ4n) is 1.50. The predicted octanol–water partition coefficient (Wildman–Crippen LogP) is 2.58. The lowest BCUT2D eigenvalue weighted by Crippen LogP contribution is -2.05. The van der Waals surface area contributed by atoms with Crippen LogP contribution in [0, 0.1) is 6.92 Å². The molecule has 5 heteroatoms. The van der Waals surface area contributed by atoms with E-state index in [1.807, 2.05) is 25.3 Å². The van der Waals surface area contributed by atoms with E-state index in [-0.39, 0.29) is 0 Å². The fraction of sp³-hybridized carbons (Fsp3) is 0.357. The van der Waals surface area contributed by atoms with Crippen molar-refractivity contribution in [3.8, 4) is 5.88 Å². The van der Waals surface area contributed by atoms with Gasteiger partial charge in [-0.3, -0.25) is 4.98 Å². The van der Waals surface area contributed by atoms with E-state index >= 15 is 0 Å². The van der Waals surface area contributed by atoms with E-state index in [0.717, 1.165) is 17.7 Å². The summed E-state index contributed by atoms with van der Waals surface area (Å²) in [6.45, 7) is 5.34. The SMILES string of the molecule is CCCOc1ccnc(NCc2ccc(C)nc2)n1. The molecule has 2 heterocycles. The van der Waals surface area contributed by atoms with Crippen LogP contribution >= 0.6 is 0 Å². The van der Waals surface area contributed by atoms with Crippen molar-refractivity contribution in [3.05, 3.63) is 41.9 Å². The van der Waals surface area contributed by atoms with Gasteiger partial charge in [0, 0.05) is 30.7 Å². The fourth-order valence-corrected chi connectivity index (χ4v) is 1.50. The molecule has 1 N–H and O–H groups in total. The summed E-state index contributed by atoms with van der Waals surface area (Å²) in [5, 5.41) is 3.15. The summed E-state index contributed by atoms with van der Waals surface area (Å²) < 4.78 is 5.46. The van der Waals surface area contributed by atoms with Gasteiger partial charge in [0.25, 0.3) is 0 Å². The molecule has 0 bridgehead atoms. The lowest BCUT2D eigenvalue weighted by atomic mass is 10.2. The molecule has 100 valence electrons. The van der Waals surface area contributed by atoms with Gasteiger partial charge in [-0.2, -0.15) is 4.98 Å². The summed E-state index contributed by atoms with van der Waals surface area (Å²) >= 11 is 0. The number of pyridine rings is 1. The van der Waals surface area contributed by atoms with E-state index in [0.29, 0.717) is 25.0 Å². The zero-order valence-electron chi connectivity index (χ0n) is 11.3. The average molecular weight is 258 g/mol. The van der Waals surface area contributed by atoms with Gasteiger partial charge in [0.05, 0.1) is 6.61 Å². The molecular weight excluding hydrogens is 240 g/mol. The van der Waals surface area contributed by atoms with Gasteiger partial charge in [0.1, 0.15) is 0 Å². The summed E-state index contributed by atoms with van der Waals surface area (Å²) in [7, 11) is 0. The number of anilines is 1. The second-order valence-corrected chi connectivity index (χ2v) is 4.23. The van der Waals surface area contributed by atoms with Crippen LogP contribution in [0.5, 0.6) is 5.88 Å². The van der Waals surface area contributed by atoms with Gasteiger partial charge >= 0.3 is 0 Å². The molecule has 2 aromatic rings. The standard InChI is InChI=1S/C14H18N4O/c1-3-8-19-13-6-7-15-14(18-13)17-10-12-5-4-11(2)16-9-12/h4-7,9H,3,8,10H2,1-2H3,(H,15,17,18). The first-order chi connectivity index (χ1) is 9.28. The van der Waals surface area contributed by atoms with Crippen LogP contribution in [0.1, 0.15) is 24.6 Å². The maximum absolute atomic E-state index is 5.46. The number of nitrogens with one attached hydrogen (secondary N) is 1. The van der Waals surface area contributed by atoms with Crippen LogP contribution in [-0.2, 0) is 6.54 Å². The van der Waals surface area contributed by atoms with E-state index in [1.54, 1.807) is 12.3 Å². The van der Waals surface area contributed by atoms with Gasteiger partial charge in [0.2, 0.25) is 11.8 Å². The minimum atomic E-state index is 0.564. The first kappa shape index (κ1) is 13.3. The summed E-state index contributed by atoms with van der Waals surface area (Å²) in [4.78, 5) is 12.7. The number of aromatic nitrogens is 3. The Balaban J connectivity index is 1.93. The van der Waals surface area contributed by atoms with Crippen molar-refractivity contribution in [1.82, 2.24) is 15.0 Å². The van der Waals surface area contributed by atoms with Crippen molar-refractivity contribution in [2.75, 3.05) is 11.9 Å². The third-order valence-electron chi connectivity index (χ3n) is 2.51. The molecule has 0 radical (unpaired) electrons. The Bertz CT molecular complexity index is 513. The predicted molar refractivity (Wildman–Crippen MR) is 74.1 cm³/mol. The minimum Gasteiger partial charge on any atom is -0.478 e. The lowest BCUT2D eigenvalue weighted by Gasteiger charge is -2.07. The molecule has 0 amide bonds. The van der Waals surface area contributed by atoms with Crippen LogP contribution in [0.2, 0.25) is 0 Å². The zero-order chi connectivity index (χ0) is 13.5. The summed E-state index contributed by atoms with van der Waals surface area (Å²) in [6.07, 6.45) is 4.50. The monoisotopic (exact) mass is 258 g/mol. The molecule has 0 atom stereocenters. The lowest BCUT2D eigenvalue weighted by molar-refractivity contribution is 0.305. The molecule has 0 unspecified atom stereocenters. The summed E-state index contributed by atoms with van der Waals surface area (Å²) in [5.41, 5.74) is 2.10. The Labute approximate surface area is 113 Å². The van der Waals surface area contributed by atoms with Crippen LogP contribution in [0.25, 0.3) is 0 Å². The molecule has 0 saturated carbocycles. The number of aryl methyl sites for hydroxylation is 1. The molecule has 5 nitrogen and oxygen atoms in total. The summed E-state index contributed by atoms with van der Waals surface area (Å²) in [5.74, 6) is 1.16.